The average molecular weight is 422 g/mol. The molecule has 0 fully saturated rings. The van der Waals surface area contributed by atoms with E-state index in [4.69, 9.17) is 4.74 Å². The highest BCUT2D eigenvalue weighted by Gasteiger charge is 2.20. The lowest BCUT2D eigenvalue weighted by Gasteiger charge is -2.14. The second-order valence-electron chi connectivity index (χ2n) is 7.25. The Morgan fingerprint density at radius 2 is 1.70 bits per heavy atom. The monoisotopic (exact) mass is 421 g/mol. The van der Waals surface area contributed by atoms with Gasteiger partial charge in [0.15, 0.2) is 0 Å². The van der Waals surface area contributed by atoms with Crippen molar-refractivity contribution in [1.29, 1.82) is 0 Å². The van der Waals surface area contributed by atoms with Crippen LogP contribution in [-0.4, -0.2) is 24.9 Å². The number of nitrogens with zero attached hydrogens (tertiary/aromatic N) is 2. The lowest BCUT2D eigenvalue weighted by Crippen LogP contribution is -2.15. The molecule has 0 aliphatic rings. The number of aryl methyl sites for hydroxylation is 1. The summed E-state index contributed by atoms with van der Waals surface area (Å²) in [5, 5.41) is 0. The van der Waals surface area contributed by atoms with Crippen LogP contribution in [0, 0.1) is 20.8 Å². The zero-order valence-corrected chi connectivity index (χ0v) is 18.1. The van der Waals surface area contributed by atoms with Gasteiger partial charge in [-0.15, -0.1) is 0 Å². The molecule has 0 amide bonds. The molecule has 1 N–H and O–H groups in total. The van der Waals surface area contributed by atoms with Gasteiger partial charge < -0.3 is 9.14 Å². The average Bonchev–Trinajstić information content (AvgIpc) is 3.16. The van der Waals surface area contributed by atoms with Gasteiger partial charge in [0, 0.05) is 23.6 Å². The van der Waals surface area contributed by atoms with Crippen molar-refractivity contribution in [2.75, 3.05) is 11.8 Å². The Hall–Kier alpha value is -3.32. The molecule has 7 heteroatoms. The number of pyridine rings is 1. The van der Waals surface area contributed by atoms with Gasteiger partial charge in [-0.3, -0.25) is 4.72 Å². The van der Waals surface area contributed by atoms with Crippen LogP contribution in [0.2, 0.25) is 0 Å². The molecular weight excluding hydrogens is 398 g/mol. The number of benzene rings is 2. The first-order chi connectivity index (χ1) is 14.3. The van der Waals surface area contributed by atoms with Crippen LogP contribution in [-0.2, 0) is 10.0 Å². The minimum absolute atomic E-state index is 0.237. The zero-order valence-electron chi connectivity index (χ0n) is 17.3. The molecule has 4 rings (SSSR count). The predicted octanol–water partition coefficient (Wildman–Crippen LogP) is 4.74. The molecule has 4 aromatic rings. The third-order valence-corrected chi connectivity index (χ3v) is 6.83. The second kappa shape index (κ2) is 7.50. The van der Waals surface area contributed by atoms with Crippen molar-refractivity contribution in [3.05, 3.63) is 77.6 Å². The highest BCUT2D eigenvalue weighted by Crippen LogP contribution is 2.29. The van der Waals surface area contributed by atoms with E-state index in [1.54, 1.807) is 38.3 Å². The van der Waals surface area contributed by atoms with Crippen molar-refractivity contribution >= 4 is 21.4 Å². The Bertz CT molecular complexity index is 1340. The summed E-state index contributed by atoms with van der Waals surface area (Å²) in [5.74, 6) is 0.665. The van der Waals surface area contributed by atoms with Gasteiger partial charge in [0.1, 0.15) is 11.4 Å². The maximum absolute atomic E-state index is 12.9. The smallest absolute Gasteiger partial charge is 0.262 e. The second-order valence-corrected chi connectivity index (χ2v) is 8.90. The largest absolute Gasteiger partial charge is 0.496 e. The van der Waals surface area contributed by atoms with Crippen LogP contribution in [0.15, 0.2) is 65.8 Å². The van der Waals surface area contributed by atoms with E-state index in [0.29, 0.717) is 17.0 Å². The van der Waals surface area contributed by atoms with Gasteiger partial charge in [0.05, 0.1) is 17.7 Å². The fourth-order valence-corrected chi connectivity index (χ4v) is 4.85. The summed E-state index contributed by atoms with van der Waals surface area (Å²) in [4.78, 5) is 4.92. The van der Waals surface area contributed by atoms with Gasteiger partial charge >= 0.3 is 0 Å². The number of nitrogens with one attached hydrogen (secondary N) is 1. The molecule has 2 aromatic heterocycles. The van der Waals surface area contributed by atoms with E-state index in [-0.39, 0.29) is 4.90 Å². The topological polar surface area (TPSA) is 72.7 Å². The molecule has 0 spiro atoms. The Morgan fingerprint density at radius 1 is 0.967 bits per heavy atom. The molecule has 0 radical (unpaired) electrons. The van der Waals surface area contributed by atoms with Crippen molar-refractivity contribution in [3.8, 4) is 17.0 Å². The van der Waals surface area contributed by atoms with Gasteiger partial charge in [0.25, 0.3) is 10.0 Å². The van der Waals surface area contributed by atoms with Crippen molar-refractivity contribution in [1.82, 2.24) is 9.38 Å². The lowest BCUT2D eigenvalue weighted by atomic mass is 10.1. The molecule has 0 bridgehead atoms. The van der Waals surface area contributed by atoms with E-state index < -0.39 is 10.0 Å². The number of hydrogen-bond donors (Lipinski definition) is 1. The number of rotatable bonds is 5. The van der Waals surface area contributed by atoms with E-state index in [9.17, 15) is 8.42 Å². The molecule has 2 aromatic carbocycles. The van der Waals surface area contributed by atoms with Crippen LogP contribution in [0.4, 0.5) is 5.69 Å². The van der Waals surface area contributed by atoms with Crippen molar-refractivity contribution in [2.24, 2.45) is 0 Å². The van der Waals surface area contributed by atoms with Crippen LogP contribution in [0.3, 0.4) is 0 Å². The molecule has 0 saturated heterocycles. The van der Waals surface area contributed by atoms with Crippen molar-refractivity contribution in [3.63, 3.8) is 0 Å². The third kappa shape index (κ3) is 3.52. The van der Waals surface area contributed by atoms with Crippen LogP contribution in [0.5, 0.6) is 5.75 Å². The Balaban J connectivity index is 1.61. The molecule has 154 valence electrons. The van der Waals surface area contributed by atoms with Crippen molar-refractivity contribution < 1.29 is 13.2 Å². The Kier molecular flexibility index (Phi) is 4.99. The van der Waals surface area contributed by atoms with Crippen LogP contribution >= 0.6 is 0 Å². The molecule has 0 unspecified atom stereocenters. The number of fused-ring (bicyclic) bond motifs is 1. The van der Waals surface area contributed by atoms with Crippen LogP contribution < -0.4 is 9.46 Å². The van der Waals surface area contributed by atoms with Crippen LogP contribution in [0.1, 0.15) is 16.7 Å². The first-order valence-corrected chi connectivity index (χ1v) is 11.0. The maximum Gasteiger partial charge on any atom is 0.262 e. The first-order valence-electron chi connectivity index (χ1n) is 9.52. The fraction of sp³-hybridized carbons (Fsp3) is 0.174. The Morgan fingerprint density at radius 3 is 2.37 bits per heavy atom. The summed E-state index contributed by atoms with van der Waals surface area (Å²) in [7, 11) is -2.15. The minimum Gasteiger partial charge on any atom is -0.496 e. The SMILES string of the molecule is COc1ccc(S(=O)(=O)Nc2ccc(-c3cn4cccc(C)c4n3)cc2)c(C)c1C. The van der Waals surface area contributed by atoms with Gasteiger partial charge in [-0.1, -0.05) is 18.2 Å². The van der Waals surface area contributed by atoms with Gasteiger partial charge in [0.2, 0.25) is 0 Å². The van der Waals surface area contributed by atoms with E-state index in [1.165, 1.54) is 0 Å². The van der Waals surface area contributed by atoms with Gasteiger partial charge in [-0.2, -0.15) is 0 Å². The Labute approximate surface area is 176 Å². The standard InChI is InChI=1S/C23H23N3O3S/c1-15-6-5-13-26-14-20(24-23(15)26)18-7-9-19(10-8-18)25-30(27,28)22-12-11-21(29-4)16(2)17(22)3/h5-14,25H,1-4H3. The summed E-state index contributed by atoms with van der Waals surface area (Å²) < 4.78 is 35.7. The number of aromatic nitrogens is 2. The quantitative estimate of drug-likeness (QED) is 0.505. The predicted molar refractivity (Wildman–Crippen MR) is 119 cm³/mol. The van der Waals surface area contributed by atoms with E-state index in [1.807, 2.05) is 54.9 Å². The number of imidazole rings is 1. The molecule has 30 heavy (non-hydrogen) atoms. The number of hydrogen-bond acceptors (Lipinski definition) is 4. The zero-order chi connectivity index (χ0) is 21.5. The summed E-state index contributed by atoms with van der Waals surface area (Å²) >= 11 is 0. The molecule has 0 aliphatic carbocycles. The molecule has 0 atom stereocenters. The van der Waals surface area contributed by atoms with Gasteiger partial charge in [-0.05, 0) is 67.8 Å². The number of sulfonamides is 1. The van der Waals surface area contributed by atoms with E-state index in [2.05, 4.69) is 9.71 Å². The fourth-order valence-electron chi connectivity index (χ4n) is 3.50. The normalized spacial score (nSPS) is 11.6. The highest BCUT2D eigenvalue weighted by atomic mass is 32.2. The lowest BCUT2D eigenvalue weighted by molar-refractivity contribution is 0.411. The van der Waals surface area contributed by atoms with Gasteiger partial charge in [-0.25, -0.2) is 13.4 Å². The van der Waals surface area contributed by atoms with E-state index in [0.717, 1.165) is 28.0 Å². The highest BCUT2D eigenvalue weighted by molar-refractivity contribution is 7.92. The summed E-state index contributed by atoms with van der Waals surface area (Å²) in [6.45, 7) is 5.65. The van der Waals surface area contributed by atoms with E-state index >= 15 is 0 Å². The summed E-state index contributed by atoms with van der Waals surface area (Å²) in [5.41, 5.74) is 5.71. The number of methoxy groups -OCH3 is 1. The molecule has 0 aliphatic heterocycles. The molecule has 6 nitrogen and oxygen atoms in total. The minimum atomic E-state index is -3.72. The molecular formula is C23H23N3O3S. The van der Waals surface area contributed by atoms with Crippen molar-refractivity contribution in [2.45, 2.75) is 25.7 Å². The number of ether oxygens (including phenoxy) is 1. The number of anilines is 1. The first kappa shape index (κ1) is 20.0. The molecule has 0 saturated carbocycles. The van der Waals surface area contributed by atoms with Crippen LogP contribution in [0.25, 0.3) is 16.9 Å². The molecule has 2 heterocycles. The third-order valence-electron chi connectivity index (χ3n) is 5.31. The maximum atomic E-state index is 12.9. The summed E-state index contributed by atoms with van der Waals surface area (Å²) in [6.07, 6.45) is 3.92. The summed E-state index contributed by atoms with van der Waals surface area (Å²) in [6, 6.07) is 14.5.